The molecule has 2 aromatic heterocycles. The Hall–Kier alpha value is -6.06. The van der Waals surface area contributed by atoms with Gasteiger partial charge in [0.2, 0.25) is 33.7 Å². The van der Waals surface area contributed by atoms with Gasteiger partial charge in [0.05, 0.1) is 58.8 Å². The average molecular weight is 1070 g/mol. The minimum Gasteiger partial charge on any atom is -0.494 e. The van der Waals surface area contributed by atoms with Gasteiger partial charge in [0.1, 0.15) is 22.9 Å². The van der Waals surface area contributed by atoms with E-state index in [0.717, 1.165) is 79.2 Å². The Bertz CT molecular complexity index is 2900. The summed E-state index contributed by atoms with van der Waals surface area (Å²) < 4.78 is 31.6. The lowest BCUT2D eigenvalue weighted by Crippen LogP contribution is -2.58. The largest absolute Gasteiger partial charge is 0.494 e. The highest BCUT2D eigenvalue weighted by atomic mass is 35.5. The molecule has 0 saturated carbocycles. The Morgan fingerprint density at radius 3 is 2.32 bits per heavy atom. The molecule has 0 bridgehead atoms. The number of aliphatic hydroxyl groups is 1. The number of sulfonamides is 1. The lowest BCUT2D eigenvalue weighted by atomic mass is 9.84. The molecule has 8 rings (SSSR count). The topological polar surface area (TPSA) is 215 Å². The number of methoxy groups -OCH3 is 1. The maximum absolute atomic E-state index is 14.3. The summed E-state index contributed by atoms with van der Waals surface area (Å²) in [6.45, 7) is 12.3. The molecule has 5 N–H and O–H groups in total. The minimum absolute atomic E-state index is 0.0216. The summed E-state index contributed by atoms with van der Waals surface area (Å²) in [5.74, 6) is 0.585. The van der Waals surface area contributed by atoms with E-state index >= 15 is 0 Å². The molecular weight excluding hydrogens is 1000 g/mol. The van der Waals surface area contributed by atoms with E-state index < -0.39 is 33.6 Å². The van der Waals surface area contributed by atoms with Crippen molar-refractivity contribution in [2.24, 2.45) is 17.3 Å². The molecule has 3 saturated heterocycles. The number of carbonyl (C=O) groups excluding carboxylic acids is 3. The first kappa shape index (κ1) is 54.2. The molecule has 3 aromatic carbocycles. The Balaban J connectivity index is 0.798. The summed E-state index contributed by atoms with van der Waals surface area (Å²) in [6, 6.07) is 19.2. The van der Waals surface area contributed by atoms with Crippen molar-refractivity contribution >= 4 is 85.2 Å². The molecule has 5 heterocycles. The van der Waals surface area contributed by atoms with Crippen LogP contribution in [0.5, 0.6) is 5.75 Å². The molecule has 0 spiro atoms. The van der Waals surface area contributed by atoms with Crippen LogP contribution in [0, 0.1) is 24.2 Å². The number of β-amino-alcohol motifs (C(OH)–C–C–N with tert-alkyl or cyclic N) is 1. The number of ether oxygens (including phenoxy) is 1. The summed E-state index contributed by atoms with van der Waals surface area (Å²) in [6.07, 6.45) is 5.28. The van der Waals surface area contributed by atoms with Crippen LogP contribution in [-0.4, -0.2) is 134 Å². The van der Waals surface area contributed by atoms with Crippen LogP contribution in [0.1, 0.15) is 64.1 Å². The molecule has 0 radical (unpaired) electrons. The monoisotopic (exact) mass is 1070 g/mol. The number of nitrogens with one attached hydrogen (secondary N) is 4. The number of amides is 3. The number of thiazole rings is 1. The minimum atomic E-state index is -3.52. The SMILES string of the molecule is COc1cc(N2CCC(CN3CCC(C(=O)NC(C(=O)N4C[C@H](O)C[C@H]4C(=O)NCc4ccc(-c5scnc5C)cc4)C(C)(C)C)CC3)CC2)ccc1Nc1ncc(Cl)c(Nc2ccccc2N(C)S(C)(=O)=O)n1. The average Bonchev–Trinajstić information content (AvgIpc) is 4.00. The Kier molecular flexibility index (Phi) is 17.0. The quantitative estimate of drug-likeness (QED) is 0.0624. The van der Waals surface area contributed by atoms with Gasteiger partial charge in [-0.1, -0.05) is 68.8 Å². The van der Waals surface area contributed by atoms with Crippen molar-refractivity contribution in [2.45, 2.75) is 84.5 Å². The Morgan fingerprint density at radius 2 is 1.66 bits per heavy atom. The van der Waals surface area contributed by atoms with Gasteiger partial charge in [-0.2, -0.15) is 4.98 Å². The van der Waals surface area contributed by atoms with Crippen LogP contribution in [0.25, 0.3) is 10.4 Å². The van der Waals surface area contributed by atoms with Gasteiger partial charge in [0, 0.05) is 63.9 Å². The normalized spacial score (nSPS) is 18.4. The number of nitrogens with zero attached hydrogens (tertiary/aromatic N) is 7. The van der Waals surface area contributed by atoms with E-state index in [1.165, 1.54) is 22.4 Å². The highest BCUT2D eigenvalue weighted by molar-refractivity contribution is 7.92. The van der Waals surface area contributed by atoms with Crippen molar-refractivity contribution in [3.63, 3.8) is 0 Å². The summed E-state index contributed by atoms with van der Waals surface area (Å²) in [5.41, 5.74) is 6.75. The molecule has 3 aliphatic rings. The number of hydrogen-bond donors (Lipinski definition) is 5. The summed E-state index contributed by atoms with van der Waals surface area (Å²) in [5, 5.41) is 23.5. The van der Waals surface area contributed by atoms with Crippen molar-refractivity contribution in [2.75, 3.05) is 79.5 Å². The number of likely N-dealkylation sites (tertiary alicyclic amines) is 2. The number of hydrogen-bond acceptors (Lipinski definition) is 15. The molecule has 0 aliphatic carbocycles. The van der Waals surface area contributed by atoms with Crippen LogP contribution in [0.4, 0.5) is 34.5 Å². The maximum Gasteiger partial charge on any atom is 0.246 e. The number of benzene rings is 3. The summed E-state index contributed by atoms with van der Waals surface area (Å²) in [7, 11) is -0.428. The predicted molar refractivity (Wildman–Crippen MR) is 292 cm³/mol. The molecule has 3 aliphatic heterocycles. The second kappa shape index (κ2) is 23.2. The fourth-order valence-corrected chi connectivity index (χ4v) is 11.4. The zero-order chi connectivity index (χ0) is 52.9. The maximum atomic E-state index is 14.3. The number of anilines is 6. The van der Waals surface area contributed by atoms with Crippen LogP contribution in [0.2, 0.25) is 5.02 Å². The highest BCUT2D eigenvalue weighted by Gasteiger charge is 2.45. The number of aliphatic hydroxyl groups excluding tert-OH is 1. The third kappa shape index (κ3) is 13.1. The van der Waals surface area contributed by atoms with E-state index in [1.54, 1.807) is 42.7 Å². The summed E-state index contributed by atoms with van der Waals surface area (Å²) in [4.78, 5) is 62.5. The zero-order valence-electron chi connectivity index (χ0n) is 43.1. The lowest BCUT2D eigenvalue weighted by molar-refractivity contribution is -0.144. The fourth-order valence-electron chi connectivity index (χ4n) is 9.93. The van der Waals surface area contributed by atoms with Crippen LogP contribution in [0.15, 0.2) is 78.4 Å². The van der Waals surface area contributed by atoms with Crippen molar-refractivity contribution in [3.05, 3.63) is 94.7 Å². The smallest absolute Gasteiger partial charge is 0.246 e. The molecule has 21 heteroatoms. The lowest BCUT2D eigenvalue weighted by Gasteiger charge is -2.39. The molecule has 18 nitrogen and oxygen atoms in total. The van der Waals surface area contributed by atoms with Gasteiger partial charge in [-0.25, -0.2) is 18.4 Å². The number of rotatable bonds is 17. The molecule has 3 amide bonds. The standard InChI is InChI=1S/C53H68ClN11O7S2/c1-33-46(73-32-57-33)36-14-12-34(13-15-36)28-55-50(68)44-27-39(66)31-65(44)51(69)47(53(2,3)4)60-49(67)37-20-22-63(23-21-37)30-35-18-24-64(25-19-35)38-16-17-42(45(26-38)72-6)59-52-56-29-40(54)48(61-52)58-41-10-8-9-11-43(41)62(5)74(7,70)71/h8-17,26,29,32,35,37,39,44,47,66H,18-25,27-28,30-31H2,1-7H3,(H,55,68)(H,60,67)(H2,56,58,59,61)/t39-,44+,47?/m1/s1. The van der Waals surface area contributed by atoms with Gasteiger partial charge in [-0.05, 0) is 92.4 Å². The predicted octanol–water partition coefficient (Wildman–Crippen LogP) is 7.19. The Labute approximate surface area is 443 Å². The van der Waals surface area contributed by atoms with E-state index in [9.17, 15) is 27.9 Å². The van der Waals surface area contributed by atoms with Crippen LogP contribution in [0.3, 0.4) is 0 Å². The molecule has 5 aromatic rings. The van der Waals surface area contributed by atoms with Crippen molar-refractivity contribution in [1.82, 2.24) is 35.4 Å². The van der Waals surface area contributed by atoms with Crippen molar-refractivity contribution in [3.8, 4) is 16.2 Å². The molecule has 3 fully saturated rings. The molecule has 1 unspecified atom stereocenters. The molecule has 396 valence electrons. The first-order valence-corrected chi connectivity index (χ1v) is 28.2. The number of aromatic nitrogens is 3. The van der Waals surface area contributed by atoms with Crippen LogP contribution >= 0.6 is 22.9 Å². The van der Waals surface area contributed by atoms with E-state index in [2.05, 4.69) is 46.0 Å². The second-order valence-electron chi connectivity index (χ2n) is 20.7. The van der Waals surface area contributed by atoms with E-state index in [-0.39, 0.29) is 54.1 Å². The van der Waals surface area contributed by atoms with Crippen LogP contribution in [-0.2, 0) is 31.0 Å². The van der Waals surface area contributed by atoms with Crippen molar-refractivity contribution < 1.29 is 32.6 Å². The number of piperidine rings is 2. The second-order valence-corrected chi connectivity index (χ2v) is 23.9. The number of para-hydroxylation sites is 2. The fraction of sp³-hybridized carbons (Fsp3) is 0.472. The van der Waals surface area contributed by atoms with Gasteiger partial charge < -0.3 is 45.8 Å². The van der Waals surface area contributed by atoms with Gasteiger partial charge in [-0.3, -0.25) is 18.7 Å². The van der Waals surface area contributed by atoms with Crippen LogP contribution < -0.4 is 35.2 Å². The molecule has 74 heavy (non-hydrogen) atoms. The first-order valence-electron chi connectivity index (χ1n) is 25.1. The van der Waals surface area contributed by atoms with Gasteiger partial charge in [0.25, 0.3) is 0 Å². The summed E-state index contributed by atoms with van der Waals surface area (Å²) >= 11 is 8.08. The number of carbonyl (C=O) groups is 3. The number of aryl methyl sites for hydroxylation is 1. The van der Waals surface area contributed by atoms with E-state index in [4.69, 9.17) is 16.3 Å². The number of halogens is 1. The third-order valence-corrected chi connectivity index (χ3v) is 16.8. The van der Waals surface area contributed by atoms with E-state index in [0.29, 0.717) is 47.4 Å². The van der Waals surface area contributed by atoms with Crippen molar-refractivity contribution in [1.29, 1.82) is 0 Å². The third-order valence-electron chi connectivity index (χ3n) is 14.3. The highest BCUT2D eigenvalue weighted by Crippen LogP contribution is 2.36. The molecule has 3 atom stereocenters. The molecular formula is C53H68ClN11O7S2. The first-order chi connectivity index (χ1) is 35.2. The van der Waals surface area contributed by atoms with Gasteiger partial charge in [0.15, 0.2) is 5.82 Å². The zero-order valence-corrected chi connectivity index (χ0v) is 45.5. The van der Waals surface area contributed by atoms with Gasteiger partial charge >= 0.3 is 0 Å². The van der Waals surface area contributed by atoms with Gasteiger partial charge in [-0.15, -0.1) is 11.3 Å². The van der Waals surface area contributed by atoms with E-state index in [1.807, 2.05) is 75.7 Å². The Morgan fingerprint density at radius 1 is 0.946 bits per heavy atom.